The summed E-state index contributed by atoms with van der Waals surface area (Å²) in [6, 6.07) is 0. The summed E-state index contributed by atoms with van der Waals surface area (Å²) in [5.41, 5.74) is -2.73. The van der Waals surface area contributed by atoms with E-state index in [1.807, 2.05) is 13.8 Å². The Bertz CT molecular complexity index is 1020. The fourth-order valence-electron chi connectivity index (χ4n) is 12.1. The Morgan fingerprint density at radius 1 is 0.895 bits per heavy atom. The lowest BCUT2D eigenvalue weighted by atomic mass is 9.41. The van der Waals surface area contributed by atoms with Crippen molar-refractivity contribution in [2.75, 3.05) is 0 Å². The number of aliphatic hydroxyl groups excluding tert-OH is 3. The van der Waals surface area contributed by atoms with Gasteiger partial charge in [-0.05, 0) is 97.7 Å². The second kappa shape index (κ2) is 7.96. The van der Waals surface area contributed by atoms with Crippen LogP contribution in [0.3, 0.4) is 0 Å². The molecule has 0 amide bonds. The van der Waals surface area contributed by atoms with Crippen molar-refractivity contribution in [1.29, 1.82) is 0 Å². The normalized spacial score (nSPS) is 60.0. The number of fused-ring (bicyclic) bond motifs is 2. The number of rotatable bonds is 4. The minimum Gasteiger partial charge on any atom is -0.481 e. The minimum absolute atomic E-state index is 0.0451. The topological polar surface area (TPSA) is 127 Å². The SMILES string of the molecule is CC(C)[C@@]1(O)C[C@@H]([C@@H](C)[C@H]2CC[C@@]3(C)[C@@H]4CC[C@H]5[C@](C)(C(=O)O)[C@@H](O)C[C@H](O)[C@@]56C[C@@]46CC[C@]23C)O[C@@H]1O. The Kier molecular flexibility index (Phi) is 5.75. The molecule has 0 aromatic heterocycles. The lowest BCUT2D eigenvalue weighted by Gasteiger charge is -2.63. The lowest BCUT2D eigenvalue weighted by molar-refractivity contribution is -0.212. The van der Waals surface area contributed by atoms with Gasteiger partial charge in [-0.1, -0.05) is 34.6 Å². The van der Waals surface area contributed by atoms with Crippen molar-refractivity contribution in [3.63, 3.8) is 0 Å². The van der Waals surface area contributed by atoms with Gasteiger partial charge in [-0.3, -0.25) is 4.79 Å². The summed E-state index contributed by atoms with van der Waals surface area (Å²) < 4.78 is 6.04. The van der Waals surface area contributed by atoms with Crippen molar-refractivity contribution in [2.24, 2.45) is 56.7 Å². The van der Waals surface area contributed by atoms with E-state index in [2.05, 4.69) is 20.8 Å². The Morgan fingerprint density at radius 2 is 1.55 bits per heavy atom. The molecule has 6 rings (SSSR count). The number of carboxylic acid groups (broad SMARTS) is 1. The summed E-state index contributed by atoms with van der Waals surface area (Å²) in [6.45, 7) is 12.8. The predicted molar refractivity (Wildman–Crippen MR) is 141 cm³/mol. The average molecular weight is 535 g/mol. The van der Waals surface area contributed by atoms with E-state index in [9.17, 15) is 30.3 Å². The maximum atomic E-state index is 12.5. The number of hydrogen-bond donors (Lipinski definition) is 5. The Hall–Kier alpha value is -0.730. The zero-order valence-corrected chi connectivity index (χ0v) is 24.1. The Morgan fingerprint density at radius 3 is 2.16 bits per heavy atom. The van der Waals surface area contributed by atoms with Gasteiger partial charge in [-0.15, -0.1) is 0 Å². The number of hydrogen-bond acceptors (Lipinski definition) is 6. The van der Waals surface area contributed by atoms with Gasteiger partial charge in [-0.2, -0.15) is 0 Å². The molecule has 7 heteroatoms. The highest BCUT2D eigenvalue weighted by molar-refractivity contribution is 5.76. The number of aliphatic hydroxyl groups is 4. The quantitative estimate of drug-likeness (QED) is 0.369. The van der Waals surface area contributed by atoms with Gasteiger partial charge in [0.2, 0.25) is 0 Å². The minimum atomic E-state index is -1.21. The van der Waals surface area contributed by atoms with Crippen molar-refractivity contribution in [2.45, 2.75) is 130 Å². The van der Waals surface area contributed by atoms with Crippen LogP contribution in [-0.2, 0) is 9.53 Å². The first-order valence-corrected chi connectivity index (χ1v) is 15.2. The molecule has 14 atom stereocenters. The van der Waals surface area contributed by atoms with Crippen LogP contribution < -0.4 is 0 Å². The highest BCUT2D eigenvalue weighted by Gasteiger charge is 2.85. The van der Waals surface area contributed by atoms with E-state index in [-0.39, 0.29) is 46.5 Å². The van der Waals surface area contributed by atoms with Crippen LogP contribution in [0.5, 0.6) is 0 Å². The van der Waals surface area contributed by atoms with Gasteiger partial charge in [0.1, 0.15) is 5.60 Å². The molecule has 0 unspecified atom stereocenters. The third-order valence-electron chi connectivity index (χ3n) is 14.8. The van der Waals surface area contributed by atoms with Gasteiger partial charge in [-0.25, -0.2) is 0 Å². The number of ether oxygens (including phenoxy) is 1. The largest absolute Gasteiger partial charge is 0.481 e. The van der Waals surface area contributed by atoms with Crippen LogP contribution in [0.15, 0.2) is 0 Å². The van der Waals surface area contributed by atoms with E-state index >= 15 is 0 Å². The average Bonchev–Trinajstić information content (AvgIpc) is 3.33. The second-order valence-corrected chi connectivity index (χ2v) is 15.6. The molecule has 5 aliphatic carbocycles. The molecule has 1 heterocycles. The lowest BCUT2D eigenvalue weighted by Crippen LogP contribution is -2.63. The van der Waals surface area contributed by atoms with Gasteiger partial charge < -0.3 is 30.3 Å². The molecule has 1 aliphatic heterocycles. The van der Waals surface area contributed by atoms with Crippen molar-refractivity contribution in [3.8, 4) is 0 Å². The first-order chi connectivity index (χ1) is 17.6. The summed E-state index contributed by atoms with van der Waals surface area (Å²) in [6.07, 6.45) is 4.40. The van der Waals surface area contributed by atoms with Crippen molar-refractivity contribution in [1.82, 2.24) is 0 Å². The zero-order valence-electron chi connectivity index (χ0n) is 24.1. The third-order valence-corrected chi connectivity index (χ3v) is 14.8. The zero-order chi connectivity index (χ0) is 27.8. The van der Waals surface area contributed by atoms with E-state index < -0.39 is 40.9 Å². The van der Waals surface area contributed by atoms with E-state index in [0.717, 1.165) is 44.9 Å². The van der Waals surface area contributed by atoms with Crippen LogP contribution >= 0.6 is 0 Å². The van der Waals surface area contributed by atoms with Crippen LogP contribution in [0.4, 0.5) is 0 Å². The highest BCUT2D eigenvalue weighted by Crippen LogP contribution is 2.89. The summed E-state index contributed by atoms with van der Waals surface area (Å²) >= 11 is 0. The number of carboxylic acids is 1. The van der Waals surface area contributed by atoms with Gasteiger partial charge in [0, 0.05) is 18.3 Å². The summed E-state index contributed by atoms with van der Waals surface area (Å²) in [5.74, 6) is -0.184. The molecule has 216 valence electrons. The number of carbonyl (C=O) groups is 1. The van der Waals surface area contributed by atoms with Crippen LogP contribution in [0.1, 0.15) is 99.3 Å². The molecule has 2 spiro atoms. The van der Waals surface area contributed by atoms with Crippen molar-refractivity contribution >= 4 is 5.97 Å². The monoisotopic (exact) mass is 534 g/mol. The smallest absolute Gasteiger partial charge is 0.312 e. The fraction of sp³-hybridized carbons (Fsp3) is 0.968. The molecule has 5 N–H and O–H groups in total. The molecule has 5 saturated carbocycles. The van der Waals surface area contributed by atoms with Crippen LogP contribution in [0, 0.1) is 56.7 Å². The van der Waals surface area contributed by atoms with E-state index in [0.29, 0.717) is 18.3 Å². The van der Waals surface area contributed by atoms with Crippen molar-refractivity contribution in [3.05, 3.63) is 0 Å². The van der Waals surface area contributed by atoms with Gasteiger partial charge >= 0.3 is 5.97 Å². The molecule has 0 aromatic rings. The maximum absolute atomic E-state index is 12.5. The van der Waals surface area contributed by atoms with Crippen LogP contribution in [0.2, 0.25) is 0 Å². The third kappa shape index (κ3) is 2.86. The maximum Gasteiger partial charge on any atom is 0.312 e. The van der Waals surface area contributed by atoms with E-state index in [1.54, 1.807) is 6.92 Å². The predicted octanol–water partition coefficient (Wildman–Crippen LogP) is 3.95. The molecule has 0 radical (unpaired) electrons. The molecule has 0 aromatic carbocycles. The molecule has 6 fully saturated rings. The Balaban J connectivity index is 1.30. The first-order valence-electron chi connectivity index (χ1n) is 15.2. The molecule has 1 saturated heterocycles. The van der Waals surface area contributed by atoms with Crippen molar-refractivity contribution < 1.29 is 35.1 Å². The van der Waals surface area contributed by atoms with E-state index in [1.165, 1.54) is 0 Å². The number of aliphatic carboxylic acids is 1. The van der Waals surface area contributed by atoms with Gasteiger partial charge in [0.05, 0.1) is 23.7 Å². The molecular formula is C31H50O7. The first kappa shape index (κ1) is 27.4. The van der Waals surface area contributed by atoms with E-state index in [4.69, 9.17) is 4.74 Å². The second-order valence-electron chi connectivity index (χ2n) is 15.6. The van der Waals surface area contributed by atoms with Crippen LogP contribution in [0.25, 0.3) is 0 Å². The van der Waals surface area contributed by atoms with Crippen LogP contribution in [-0.4, -0.2) is 61.7 Å². The van der Waals surface area contributed by atoms with Gasteiger partial charge in [0.15, 0.2) is 6.29 Å². The molecule has 38 heavy (non-hydrogen) atoms. The molecular weight excluding hydrogens is 484 g/mol. The molecule has 7 nitrogen and oxygen atoms in total. The standard InChI is InChI=1S/C31H50O7/c1-16(2)31(37)14-19(38-25(31)36)17(3)18-9-10-27(5)20-7-8-21-28(6,24(34)35)22(32)13-23(33)30(21)15-29(20,30)12-11-26(18,27)4/h16-23,25,32-33,36-37H,7-15H2,1-6H3,(H,34,35)/t17-,18+,19-,20-,21-,22-,23-,25-,26+,27-,28-,29-,30+,31-/m0/s1. The summed E-state index contributed by atoms with van der Waals surface area (Å²) in [5, 5.41) is 54.4. The highest BCUT2D eigenvalue weighted by atomic mass is 16.6. The molecule has 0 bridgehead atoms. The summed E-state index contributed by atoms with van der Waals surface area (Å²) in [7, 11) is 0. The van der Waals surface area contributed by atoms with Gasteiger partial charge in [0.25, 0.3) is 0 Å². The Labute approximate surface area is 227 Å². The summed E-state index contributed by atoms with van der Waals surface area (Å²) in [4.78, 5) is 12.5. The fourth-order valence-corrected chi connectivity index (χ4v) is 12.1. The molecule has 6 aliphatic rings.